The Morgan fingerprint density at radius 2 is 2.09 bits per heavy atom. The summed E-state index contributed by atoms with van der Waals surface area (Å²) in [6, 6.07) is 7.18. The van der Waals surface area contributed by atoms with E-state index >= 15 is 0 Å². The number of hydrogen-bond acceptors (Lipinski definition) is 5. The van der Waals surface area contributed by atoms with Gasteiger partial charge in [0.2, 0.25) is 5.91 Å². The van der Waals surface area contributed by atoms with Gasteiger partial charge in [0.15, 0.2) is 0 Å². The van der Waals surface area contributed by atoms with Gasteiger partial charge in [-0.25, -0.2) is 4.68 Å². The average molecular weight is 315 g/mol. The van der Waals surface area contributed by atoms with Crippen LogP contribution in [0.5, 0.6) is 0 Å². The first-order chi connectivity index (χ1) is 11.1. The molecule has 0 aliphatic heterocycles. The number of carbonyl (C=O) groups excluding carboxylic acids is 1. The van der Waals surface area contributed by atoms with Gasteiger partial charge in [0.05, 0.1) is 11.6 Å². The van der Waals surface area contributed by atoms with Crippen molar-refractivity contribution in [3.63, 3.8) is 0 Å². The molecule has 120 valence electrons. The summed E-state index contributed by atoms with van der Waals surface area (Å²) >= 11 is 0. The smallest absolute Gasteiger partial charge is 0.306 e. The second kappa shape index (κ2) is 6.55. The van der Waals surface area contributed by atoms with Crippen LogP contribution in [-0.4, -0.2) is 37.2 Å². The molecule has 1 saturated carbocycles. The van der Waals surface area contributed by atoms with Crippen molar-refractivity contribution in [1.29, 1.82) is 0 Å². The molecular weight excluding hydrogens is 298 g/mol. The number of carbonyl (C=O) groups is 2. The third kappa shape index (κ3) is 3.53. The van der Waals surface area contributed by atoms with Crippen molar-refractivity contribution in [3.05, 3.63) is 30.6 Å². The van der Waals surface area contributed by atoms with Gasteiger partial charge in [-0.15, -0.1) is 5.10 Å². The number of rotatable bonds is 4. The molecule has 1 aliphatic carbocycles. The van der Waals surface area contributed by atoms with Crippen LogP contribution < -0.4 is 5.32 Å². The molecule has 2 unspecified atom stereocenters. The van der Waals surface area contributed by atoms with Gasteiger partial charge in [0, 0.05) is 11.6 Å². The lowest BCUT2D eigenvalue weighted by atomic mass is 9.81. The zero-order valence-electron chi connectivity index (χ0n) is 12.4. The number of nitrogens with zero attached hydrogens (tertiary/aromatic N) is 4. The Bertz CT molecular complexity index is 701. The molecule has 1 aromatic carbocycles. The lowest BCUT2D eigenvalue weighted by Gasteiger charge is -2.25. The number of amides is 1. The molecule has 8 nitrogen and oxygen atoms in total. The molecule has 2 aromatic rings. The summed E-state index contributed by atoms with van der Waals surface area (Å²) in [6.45, 7) is 0. The van der Waals surface area contributed by atoms with Gasteiger partial charge in [-0.1, -0.05) is 12.5 Å². The third-order valence-corrected chi connectivity index (χ3v) is 4.12. The van der Waals surface area contributed by atoms with Crippen LogP contribution in [0.3, 0.4) is 0 Å². The van der Waals surface area contributed by atoms with E-state index in [-0.39, 0.29) is 11.8 Å². The van der Waals surface area contributed by atoms with Crippen LogP contribution in [-0.2, 0) is 9.59 Å². The lowest BCUT2D eigenvalue weighted by Crippen LogP contribution is -2.30. The molecule has 0 bridgehead atoms. The van der Waals surface area contributed by atoms with Gasteiger partial charge in [-0.3, -0.25) is 9.59 Å². The van der Waals surface area contributed by atoms with Crippen molar-refractivity contribution in [3.8, 4) is 5.69 Å². The van der Waals surface area contributed by atoms with Crippen LogP contribution in [0.2, 0.25) is 0 Å². The Morgan fingerprint density at radius 3 is 2.83 bits per heavy atom. The molecule has 23 heavy (non-hydrogen) atoms. The van der Waals surface area contributed by atoms with E-state index in [2.05, 4.69) is 20.8 Å². The molecule has 8 heteroatoms. The normalized spacial score (nSPS) is 20.9. The van der Waals surface area contributed by atoms with Gasteiger partial charge in [0.1, 0.15) is 6.33 Å². The molecular formula is C15H17N5O3. The molecule has 1 heterocycles. The van der Waals surface area contributed by atoms with Crippen molar-refractivity contribution in [2.45, 2.75) is 25.7 Å². The summed E-state index contributed by atoms with van der Waals surface area (Å²) in [4.78, 5) is 23.5. The van der Waals surface area contributed by atoms with Gasteiger partial charge in [-0.2, -0.15) is 0 Å². The van der Waals surface area contributed by atoms with Gasteiger partial charge >= 0.3 is 5.97 Å². The molecule has 0 radical (unpaired) electrons. The van der Waals surface area contributed by atoms with Crippen molar-refractivity contribution in [2.24, 2.45) is 11.8 Å². The number of anilines is 1. The van der Waals surface area contributed by atoms with Gasteiger partial charge in [0.25, 0.3) is 0 Å². The number of carboxylic acid groups (broad SMARTS) is 1. The molecule has 0 saturated heterocycles. The van der Waals surface area contributed by atoms with E-state index < -0.39 is 11.9 Å². The molecule has 1 fully saturated rings. The average Bonchev–Trinajstić information content (AvgIpc) is 3.10. The van der Waals surface area contributed by atoms with E-state index in [9.17, 15) is 9.59 Å². The Balaban J connectivity index is 1.68. The summed E-state index contributed by atoms with van der Waals surface area (Å²) < 4.78 is 1.50. The summed E-state index contributed by atoms with van der Waals surface area (Å²) in [6.07, 6.45) is 4.00. The summed E-state index contributed by atoms with van der Waals surface area (Å²) in [5.41, 5.74) is 1.38. The van der Waals surface area contributed by atoms with E-state index in [0.29, 0.717) is 18.5 Å². The van der Waals surface area contributed by atoms with E-state index in [1.807, 2.05) is 6.07 Å². The zero-order valence-corrected chi connectivity index (χ0v) is 12.4. The molecule has 1 aliphatic rings. The second-order valence-electron chi connectivity index (χ2n) is 5.69. The highest BCUT2D eigenvalue weighted by molar-refractivity contribution is 5.93. The Kier molecular flexibility index (Phi) is 4.31. The first-order valence-corrected chi connectivity index (χ1v) is 7.50. The lowest BCUT2D eigenvalue weighted by molar-refractivity contribution is -0.143. The van der Waals surface area contributed by atoms with E-state index in [1.165, 1.54) is 11.0 Å². The number of hydrogen-bond donors (Lipinski definition) is 2. The highest BCUT2D eigenvalue weighted by atomic mass is 16.4. The predicted octanol–water partition coefficient (Wildman–Crippen LogP) is 1.49. The molecule has 1 amide bonds. The standard InChI is InChI=1S/C15H17N5O3/c21-14(10-3-1-4-11(7-10)15(22)23)17-12-5-2-6-13(8-12)20-9-16-18-19-20/h2,5-6,8-11H,1,3-4,7H2,(H,17,21)(H,22,23). The molecule has 2 atom stereocenters. The minimum Gasteiger partial charge on any atom is -0.481 e. The number of carboxylic acids is 1. The Hall–Kier alpha value is -2.77. The van der Waals surface area contributed by atoms with E-state index in [4.69, 9.17) is 5.11 Å². The Labute approximate surface area is 132 Å². The fourth-order valence-electron chi connectivity index (χ4n) is 2.90. The zero-order chi connectivity index (χ0) is 16.2. The highest BCUT2D eigenvalue weighted by Crippen LogP contribution is 2.30. The molecule has 1 aromatic heterocycles. The van der Waals surface area contributed by atoms with Crippen LogP contribution >= 0.6 is 0 Å². The fourth-order valence-corrected chi connectivity index (χ4v) is 2.90. The minimum atomic E-state index is -0.817. The van der Waals surface area contributed by atoms with Crippen LogP contribution in [0, 0.1) is 11.8 Å². The van der Waals surface area contributed by atoms with E-state index in [1.54, 1.807) is 18.2 Å². The van der Waals surface area contributed by atoms with Crippen molar-refractivity contribution in [2.75, 3.05) is 5.32 Å². The fraction of sp³-hybridized carbons (Fsp3) is 0.400. The number of tetrazole rings is 1. The molecule has 3 rings (SSSR count). The highest BCUT2D eigenvalue weighted by Gasteiger charge is 2.31. The van der Waals surface area contributed by atoms with Crippen LogP contribution in [0.15, 0.2) is 30.6 Å². The second-order valence-corrected chi connectivity index (χ2v) is 5.69. The topological polar surface area (TPSA) is 110 Å². The predicted molar refractivity (Wildman–Crippen MR) is 80.9 cm³/mol. The maximum Gasteiger partial charge on any atom is 0.306 e. The summed E-state index contributed by atoms with van der Waals surface area (Å²) in [5.74, 6) is -1.64. The van der Waals surface area contributed by atoms with Crippen LogP contribution in [0.25, 0.3) is 5.69 Å². The first-order valence-electron chi connectivity index (χ1n) is 7.50. The van der Waals surface area contributed by atoms with Crippen molar-refractivity contribution >= 4 is 17.6 Å². The SMILES string of the molecule is O=C(O)C1CCCC(C(=O)Nc2cccc(-n3cnnn3)c2)C1. The number of aliphatic carboxylic acids is 1. The molecule has 2 N–H and O–H groups in total. The molecule has 0 spiro atoms. The van der Waals surface area contributed by atoms with Crippen molar-refractivity contribution < 1.29 is 14.7 Å². The van der Waals surface area contributed by atoms with Gasteiger partial charge < -0.3 is 10.4 Å². The number of aromatic nitrogens is 4. The quantitative estimate of drug-likeness (QED) is 0.884. The number of benzene rings is 1. The van der Waals surface area contributed by atoms with Crippen LogP contribution in [0.4, 0.5) is 5.69 Å². The largest absolute Gasteiger partial charge is 0.481 e. The minimum absolute atomic E-state index is 0.134. The van der Waals surface area contributed by atoms with E-state index in [0.717, 1.165) is 18.5 Å². The summed E-state index contributed by atoms with van der Waals surface area (Å²) in [5, 5.41) is 22.9. The third-order valence-electron chi connectivity index (χ3n) is 4.12. The number of nitrogens with one attached hydrogen (secondary N) is 1. The maximum atomic E-state index is 12.4. The summed E-state index contributed by atoms with van der Waals surface area (Å²) in [7, 11) is 0. The van der Waals surface area contributed by atoms with Crippen molar-refractivity contribution in [1.82, 2.24) is 20.2 Å². The first kappa shape index (κ1) is 15.1. The van der Waals surface area contributed by atoms with Crippen LogP contribution in [0.1, 0.15) is 25.7 Å². The monoisotopic (exact) mass is 315 g/mol. The Morgan fingerprint density at radius 1 is 1.26 bits per heavy atom. The maximum absolute atomic E-state index is 12.4. The van der Waals surface area contributed by atoms with Gasteiger partial charge in [-0.05, 0) is 47.9 Å².